The molecule has 4 heteroatoms. The Morgan fingerprint density at radius 3 is 2.44 bits per heavy atom. The van der Waals surface area contributed by atoms with E-state index in [9.17, 15) is 5.11 Å². The number of benzene rings is 1. The van der Waals surface area contributed by atoms with E-state index in [2.05, 4.69) is 15.1 Å². The van der Waals surface area contributed by atoms with Crippen molar-refractivity contribution in [2.45, 2.75) is 18.4 Å². The normalized spacial score (nSPS) is 18.4. The molecule has 0 saturated carbocycles. The number of hydrogen-bond donors (Lipinski definition) is 2. The lowest BCUT2D eigenvalue weighted by atomic mass is 9.91. The molecule has 0 amide bonds. The third kappa shape index (κ3) is 2.81. The minimum Gasteiger partial charge on any atom is -0.388 e. The van der Waals surface area contributed by atoms with Gasteiger partial charge in [0.1, 0.15) is 0 Å². The van der Waals surface area contributed by atoms with Crippen LogP contribution in [0.2, 0.25) is 0 Å². The molecule has 1 aromatic carbocycles. The van der Waals surface area contributed by atoms with Crippen molar-refractivity contribution < 1.29 is 5.11 Å². The zero-order valence-electron chi connectivity index (χ0n) is 10.7. The molecule has 2 rings (SSSR count). The SMILES string of the molecule is [C-]#[N+]c1ccc(N2CCC(O)(CNC)CC2)cc1. The lowest BCUT2D eigenvalue weighted by Gasteiger charge is -2.39. The Kier molecular flexibility index (Phi) is 3.85. The van der Waals surface area contributed by atoms with E-state index in [0.717, 1.165) is 31.6 Å². The van der Waals surface area contributed by atoms with Crippen LogP contribution in [0.4, 0.5) is 11.4 Å². The number of nitrogens with one attached hydrogen (secondary N) is 1. The van der Waals surface area contributed by atoms with E-state index in [-0.39, 0.29) is 0 Å². The summed E-state index contributed by atoms with van der Waals surface area (Å²) in [6.07, 6.45) is 1.55. The fourth-order valence-corrected chi connectivity index (χ4v) is 2.42. The van der Waals surface area contributed by atoms with Gasteiger partial charge >= 0.3 is 0 Å². The number of aliphatic hydroxyl groups is 1. The third-order valence-corrected chi connectivity index (χ3v) is 3.54. The lowest BCUT2D eigenvalue weighted by Crippen LogP contribution is -2.49. The van der Waals surface area contributed by atoms with Gasteiger partial charge in [-0.05, 0) is 32.0 Å². The fraction of sp³-hybridized carbons (Fsp3) is 0.500. The van der Waals surface area contributed by atoms with Crippen molar-refractivity contribution in [2.24, 2.45) is 0 Å². The molecule has 0 radical (unpaired) electrons. The third-order valence-electron chi connectivity index (χ3n) is 3.54. The molecule has 4 nitrogen and oxygen atoms in total. The van der Waals surface area contributed by atoms with Crippen molar-refractivity contribution in [3.63, 3.8) is 0 Å². The van der Waals surface area contributed by atoms with Crippen LogP contribution in [-0.2, 0) is 0 Å². The highest BCUT2D eigenvalue weighted by atomic mass is 16.3. The van der Waals surface area contributed by atoms with Gasteiger partial charge in [0, 0.05) is 25.3 Å². The van der Waals surface area contributed by atoms with E-state index in [0.29, 0.717) is 12.2 Å². The van der Waals surface area contributed by atoms with Gasteiger partial charge in [0.05, 0.1) is 12.2 Å². The van der Waals surface area contributed by atoms with Crippen LogP contribution < -0.4 is 10.2 Å². The highest BCUT2D eigenvalue weighted by molar-refractivity contribution is 5.55. The average Bonchev–Trinajstić information content (AvgIpc) is 2.40. The highest BCUT2D eigenvalue weighted by Gasteiger charge is 2.31. The molecule has 18 heavy (non-hydrogen) atoms. The molecule has 1 aromatic rings. The van der Waals surface area contributed by atoms with E-state index >= 15 is 0 Å². The zero-order chi connectivity index (χ0) is 13.0. The molecule has 1 fully saturated rings. The molecule has 0 aromatic heterocycles. The molecule has 0 spiro atoms. The molecule has 2 N–H and O–H groups in total. The Hall–Kier alpha value is -1.57. The summed E-state index contributed by atoms with van der Waals surface area (Å²) in [7, 11) is 1.87. The van der Waals surface area contributed by atoms with E-state index in [1.54, 1.807) is 0 Å². The van der Waals surface area contributed by atoms with Crippen molar-refractivity contribution in [1.29, 1.82) is 0 Å². The molecule has 0 bridgehead atoms. The van der Waals surface area contributed by atoms with E-state index in [4.69, 9.17) is 6.57 Å². The first-order valence-corrected chi connectivity index (χ1v) is 6.26. The van der Waals surface area contributed by atoms with Gasteiger partial charge in [0.25, 0.3) is 0 Å². The van der Waals surface area contributed by atoms with Crippen molar-refractivity contribution in [1.82, 2.24) is 5.32 Å². The van der Waals surface area contributed by atoms with Gasteiger partial charge in [0.2, 0.25) is 0 Å². The predicted octanol–water partition coefficient (Wildman–Crippen LogP) is 1.79. The smallest absolute Gasteiger partial charge is 0.187 e. The second kappa shape index (κ2) is 5.38. The summed E-state index contributed by atoms with van der Waals surface area (Å²) in [6.45, 7) is 9.29. The lowest BCUT2D eigenvalue weighted by molar-refractivity contribution is 0.0185. The molecule has 1 aliphatic rings. The standard InChI is InChI=1S/C14H19N3O/c1-15-11-14(18)7-9-17(10-8-14)13-5-3-12(16-2)4-6-13/h3-6,15,18H,7-11H2,1H3. The topological polar surface area (TPSA) is 39.9 Å². The molecule has 1 saturated heterocycles. The predicted molar refractivity (Wildman–Crippen MR) is 73.0 cm³/mol. The van der Waals surface area contributed by atoms with Crippen LogP contribution >= 0.6 is 0 Å². The second-order valence-corrected chi connectivity index (χ2v) is 4.87. The maximum Gasteiger partial charge on any atom is 0.187 e. The maximum atomic E-state index is 10.3. The second-order valence-electron chi connectivity index (χ2n) is 4.87. The first-order valence-electron chi connectivity index (χ1n) is 6.26. The Bertz CT molecular complexity index is 427. The molecular weight excluding hydrogens is 226 g/mol. The van der Waals surface area contributed by atoms with Crippen LogP contribution in [0.15, 0.2) is 24.3 Å². The Morgan fingerprint density at radius 2 is 1.94 bits per heavy atom. The summed E-state index contributed by atoms with van der Waals surface area (Å²) in [5.41, 5.74) is 1.23. The summed E-state index contributed by atoms with van der Waals surface area (Å²) in [4.78, 5) is 5.65. The van der Waals surface area contributed by atoms with Crippen LogP contribution in [0.5, 0.6) is 0 Å². The average molecular weight is 245 g/mol. The van der Waals surface area contributed by atoms with Gasteiger partial charge < -0.3 is 15.3 Å². The van der Waals surface area contributed by atoms with Gasteiger partial charge in [-0.25, -0.2) is 4.85 Å². The first-order chi connectivity index (χ1) is 8.67. The van der Waals surface area contributed by atoms with Gasteiger partial charge in [-0.2, -0.15) is 0 Å². The Labute approximate surface area is 108 Å². The van der Waals surface area contributed by atoms with Crippen molar-refractivity contribution in [3.8, 4) is 0 Å². The quantitative estimate of drug-likeness (QED) is 0.798. The summed E-state index contributed by atoms with van der Waals surface area (Å²) in [6, 6.07) is 7.65. The summed E-state index contributed by atoms with van der Waals surface area (Å²) < 4.78 is 0. The van der Waals surface area contributed by atoms with Crippen LogP contribution in [0.3, 0.4) is 0 Å². The summed E-state index contributed by atoms with van der Waals surface area (Å²) in [5, 5.41) is 13.3. The van der Waals surface area contributed by atoms with Gasteiger partial charge in [0.15, 0.2) is 5.69 Å². The molecule has 1 heterocycles. The largest absolute Gasteiger partial charge is 0.388 e. The van der Waals surface area contributed by atoms with Crippen molar-refractivity contribution in [3.05, 3.63) is 35.7 Å². The molecule has 0 aliphatic carbocycles. The Balaban J connectivity index is 1.99. The van der Waals surface area contributed by atoms with Crippen LogP contribution in [0.25, 0.3) is 4.85 Å². The Morgan fingerprint density at radius 1 is 1.33 bits per heavy atom. The number of piperidine rings is 1. The zero-order valence-corrected chi connectivity index (χ0v) is 10.7. The first kappa shape index (κ1) is 12.9. The van der Waals surface area contributed by atoms with Gasteiger partial charge in [-0.3, -0.25) is 0 Å². The minimum atomic E-state index is -0.568. The van der Waals surface area contributed by atoms with E-state index in [1.165, 1.54) is 0 Å². The van der Waals surface area contributed by atoms with Gasteiger partial charge in [-0.1, -0.05) is 12.1 Å². The van der Waals surface area contributed by atoms with E-state index in [1.807, 2.05) is 31.3 Å². The number of hydrogen-bond acceptors (Lipinski definition) is 3. The number of rotatable bonds is 3. The van der Waals surface area contributed by atoms with Crippen LogP contribution in [0.1, 0.15) is 12.8 Å². The molecule has 96 valence electrons. The van der Waals surface area contributed by atoms with Crippen molar-refractivity contribution >= 4 is 11.4 Å². The fourth-order valence-electron chi connectivity index (χ4n) is 2.42. The molecule has 1 aliphatic heterocycles. The monoisotopic (exact) mass is 245 g/mol. The molecule has 0 unspecified atom stereocenters. The summed E-state index contributed by atoms with van der Waals surface area (Å²) >= 11 is 0. The van der Waals surface area contributed by atoms with Crippen molar-refractivity contribution in [2.75, 3.05) is 31.6 Å². The van der Waals surface area contributed by atoms with Crippen LogP contribution in [-0.4, -0.2) is 37.4 Å². The summed E-state index contributed by atoms with van der Waals surface area (Å²) in [5.74, 6) is 0. The maximum absolute atomic E-state index is 10.3. The highest BCUT2D eigenvalue weighted by Crippen LogP contribution is 2.27. The van der Waals surface area contributed by atoms with E-state index < -0.39 is 5.60 Å². The minimum absolute atomic E-state index is 0.568. The number of nitrogens with zero attached hydrogens (tertiary/aromatic N) is 2. The molecular formula is C14H19N3O. The van der Waals surface area contributed by atoms with Gasteiger partial charge in [-0.15, -0.1) is 0 Å². The number of likely N-dealkylation sites (N-methyl/N-ethyl adjacent to an activating group) is 1. The molecule has 0 atom stereocenters. The van der Waals surface area contributed by atoms with Crippen LogP contribution in [0, 0.1) is 6.57 Å². The number of anilines is 1.